The number of hydrogen-bond acceptors (Lipinski definition) is 5. The quantitative estimate of drug-likeness (QED) is 0.349. The standard InChI is InChI=1S/C27H39FN6O4/c28-18-8-4-9-19(15-18)31-27(38)32-20-11-13-34(26(37)21-10-5-12-30-21)23(16-20)25(36)33-22(24(29)35)14-17-6-2-1-3-7-17/h4,8-9,15,17,20-23,30H,1-3,5-7,10-14,16H2,(H2,29,35)(H,33,36)(H2,31,32,38). The molecular formula is C27H39FN6O4. The molecule has 10 nitrogen and oxygen atoms in total. The van der Waals surface area contributed by atoms with Crippen molar-refractivity contribution in [2.45, 2.75) is 88.4 Å². The first-order chi connectivity index (χ1) is 18.3. The number of urea groups is 1. The fraction of sp³-hybridized carbons (Fsp3) is 0.630. The summed E-state index contributed by atoms with van der Waals surface area (Å²) in [6, 6.07) is 2.63. The fourth-order valence-corrected chi connectivity index (χ4v) is 5.89. The van der Waals surface area contributed by atoms with Crippen molar-refractivity contribution in [1.29, 1.82) is 0 Å². The molecule has 0 bridgehead atoms. The maximum atomic E-state index is 13.5. The van der Waals surface area contributed by atoms with Crippen LogP contribution in [0.5, 0.6) is 0 Å². The van der Waals surface area contributed by atoms with Gasteiger partial charge in [0, 0.05) is 18.3 Å². The highest BCUT2D eigenvalue weighted by atomic mass is 19.1. The number of rotatable bonds is 8. The highest BCUT2D eigenvalue weighted by molar-refractivity contribution is 5.93. The first kappa shape index (κ1) is 27.8. The maximum absolute atomic E-state index is 13.5. The Kier molecular flexibility index (Phi) is 9.54. The average Bonchev–Trinajstić information content (AvgIpc) is 3.43. The van der Waals surface area contributed by atoms with Crippen molar-refractivity contribution >= 4 is 29.4 Å². The van der Waals surface area contributed by atoms with E-state index in [2.05, 4.69) is 21.3 Å². The molecule has 0 spiro atoms. The van der Waals surface area contributed by atoms with E-state index in [9.17, 15) is 23.6 Å². The second kappa shape index (κ2) is 13.0. The largest absolute Gasteiger partial charge is 0.368 e. The van der Waals surface area contributed by atoms with E-state index in [1.807, 2.05) is 0 Å². The van der Waals surface area contributed by atoms with Crippen molar-refractivity contribution in [2.75, 3.05) is 18.4 Å². The minimum absolute atomic E-state index is 0.145. The van der Waals surface area contributed by atoms with E-state index in [0.717, 1.165) is 38.6 Å². The summed E-state index contributed by atoms with van der Waals surface area (Å²) >= 11 is 0. The molecule has 1 aliphatic carbocycles. The molecule has 4 atom stereocenters. The summed E-state index contributed by atoms with van der Waals surface area (Å²) in [6.45, 7) is 1.03. The van der Waals surface area contributed by atoms with Crippen LogP contribution >= 0.6 is 0 Å². The van der Waals surface area contributed by atoms with Crippen molar-refractivity contribution < 1.29 is 23.6 Å². The molecule has 6 N–H and O–H groups in total. The van der Waals surface area contributed by atoms with Gasteiger partial charge in [-0.1, -0.05) is 38.2 Å². The molecule has 4 rings (SSSR count). The summed E-state index contributed by atoms with van der Waals surface area (Å²) in [5, 5.41) is 11.5. The Morgan fingerprint density at radius 3 is 2.55 bits per heavy atom. The molecule has 4 unspecified atom stereocenters. The second-order valence-electron chi connectivity index (χ2n) is 10.7. The van der Waals surface area contributed by atoms with Crippen LogP contribution in [0.15, 0.2) is 24.3 Å². The number of halogens is 1. The molecule has 38 heavy (non-hydrogen) atoms. The Bertz CT molecular complexity index is 1010. The third-order valence-electron chi connectivity index (χ3n) is 7.92. The minimum Gasteiger partial charge on any atom is -0.368 e. The summed E-state index contributed by atoms with van der Waals surface area (Å²) in [5.41, 5.74) is 5.98. The van der Waals surface area contributed by atoms with Crippen LogP contribution in [0.25, 0.3) is 0 Å². The number of amides is 5. The van der Waals surface area contributed by atoms with Gasteiger partial charge in [0.15, 0.2) is 0 Å². The molecule has 1 saturated carbocycles. The van der Waals surface area contributed by atoms with Crippen LogP contribution in [0.4, 0.5) is 14.9 Å². The van der Waals surface area contributed by atoms with E-state index >= 15 is 0 Å². The number of benzene rings is 1. The van der Waals surface area contributed by atoms with Crippen LogP contribution in [-0.2, 0) is 14.4 Å². The zero-order chi connectivity index (χ0) is 27.1. The lowest BCUT2D eigenvalue weighted by molar-refractivity contribution is -0.144. The molecule has 208 valence electrons. The van der Waals surface area contributed by atoms with Gasteiger partial charge in [-0.2, -0.15) is 0 Å². The smallest absolute Gasteiger partial charge is 0.319 e. The van der Waals surface area contributed by atoms with E-state index < -0.39 is 41.8 Å². The zero-order valence-electron chi connectivity index (χ0n) is 21.7. The van der Waals surface area contributed by atoms with E-state index in [4.69, 9.17) is 5.73 Å². The summed E-state index contributed by atoms with van der Waals surface area (Å²) in [6.07, 6.45) is 8.13. The molecule has 3 aliphatic rings. The normalized spacial score (nSPS) is 24.9. The first-order valence-electron chi connectivity index (χ1n) is 13.8. The van der Waals surface area contributed by atoms with Gasteiger partial charge < -0.3 is 31.9 Å². The predicted octanol–water partition coefficient (Wildman–Crippen LogP) is 2.00. The van der Waals surface area contributed by atoms with E-state index in [1.165, 1.54) is 24.6 Å². The van der Waals surface area contributed by atoms with E-state index in [0.29, 0.717) is 30.9 Å². The van der Waals surface area contributed by atoms with Crippen molar-refractivity contribution in [3.8, 4) is 0 Å². The number of carbonyl (C=O) groups is 4. The zero-order valence-corrected chi connectivity index (χ0v) is 21.7. The molecule has 2 heterocycles. The van der Waals surface area contributed by atoms with Crippen LogP contribution < -0.4 is 27.0 Å². The highest BCUT2D eigenvalue weighted by Gasteiger charge is 2.40. The van der Waals surface area contributed by atoms with Crippen LogP contribution in [0, 0.1) is 11.7 Å². The van der Waals surface area contributed by atoms with Crippen LogP contribution in [0.2, 0.25) is 0 Å². The van der Waals surface area contributed by atoms with Gasteiger partial charge in [0.1, 0.15) is 17.9 Å². The molecule has 11 heteroatoms. The van der Waals surface area contributed by atoms with Gasteiger partial charge in [0.05, 0.1) is 6.04 Å². The Labute approximate surface area is 222 Å². The van der Waals surface area contributed by atoms with E-state index in [1.54, 1.807) is 11.0 Å². The monoisotopic (exact) mass is 530 g/mol. The third kappa shape index (κ3) is 7.43. The van der Waals surface area contributed by atoms with Crippen molar-refractivity contribution in [1.82, 2.24) is 20.9 Å². The number of primary amides is 1. The minimum atomic E-state index is -0.855. The van der Waals surface area contributed by atoms with Gasteiger partial charge in [-0.05, 0) is 62.8 Å². The van der Waals surface area contributed by atoms with Crippen LogP contribution in [0.3, 0.4) is 0 Å². The lowest BCUT2D eigenvalue weighted by Gasteiger charge is -2.40. The number of nitrogens with zero attached hydrogens (tertiary/aromatic N) is 1. The van der Waals surface area contributed by atoms with Gasteiger partial charge in [0.2, 0.25) is 17.7 Å². The molecule has 0 radical (unpaired) electrons. The topological polar surface area (TPSA) is 146 Å². The Hall–Kier alpha value is -3.21. The maximum Gasteiger partial charge on any atom is 0.319 e. The molecular weight excluding hydrogens is 491 g/mol. The fourth-order valence-electron chi connectivity index (χ4n) is 5.89. The summed E-state index contributed by atoms with van der Waals surface area (Å²) in [7, 11) is 0. The molecule has 2 aliphatic heterocycles. The average molecular weight is 531 g/mol. The molecule has 3 fully saturated rings. The van der Waals surface area contributed by atoms with Gasteiger partial charge in [-0.15, -0.1) is 0 Å². The molecule has 1 aromatic carbocycles. The molecule has 5 amide bonds. The molecule has 2 saturated heterocycles. The number of likely N-dealkylation sites (tertiary alicyclic amines) is 1. The van der Waals surface area contributed by atoms with Crippen LogP contribution in [-0.4, -0.2) is 65.9 Å². The SMILES string of the molecule is NC(=O)C(CC1CCCCC1)NC(=O)C1CC(NC(=O)Nc2cccc(F)c2)CCN1C(=O)C1CCCN1. The van der Waals surface area contributed by atoms with Gasteiger partial charge in [-0.3, -0.25) is 14.4 Å². The Morgan fingerprint density at radius 1 is 1.08 bits per heavy atom. The Morgan fingerprint density at radius 2 is 1.87 bits per heavy atom. The third-order valence-corrected chi connectivity index (χ3v) is 7.92. The number of nitrogens with two attached hydrogens (primary N) is 1. The first-order valence-corrected chi connectivity index (χ1v) is 13.8. The molecule has 0 aromatic heterocycles. The summed E-state index contributed by atoms with van der Waals surface area (Å²) in [4.78, 5) is 53.3. The van der Waals surface area contributed by atoms with Crippen molar-refractivity contribution in [3.05, 3.63) is 30.1 Å². The van der Waals surface area contributed by atoms with Crippen molar-refractivity contribution in [3.63, 3.8) is 0 Å². The second-order valence-corrected chi connectivity index (χ2v) is 10.7. The number of anilines is 1. The highest BCUT2D eigenvalue weighted by Crippen LogP contribution is 2.28. The number of hydrogen-bond donors (Lipinski definition) is 5. The lowest BCUT2D eigenvalue weighted by Crippen LogP contribution is -2.61. The van der Waals surface area contributed by atoms with Gasteiger partial charge in [-0.25, -0.2) is 9.18 Å². The number of carbonyl (C=O) groups excluding carboxylic acids is 4. The van der Waals surface area contributed by atoms with Gasteiger partial charge >= 0.3 is 6.03 Å². The number of piperidine rings is 1. The predicted molar refractivity (Wildman–Crippen MR) is 140 cm³/mol. The Balaban J connectivity index is 1.43. The molecule has 1 aromatic rings. The summed E-state index contributed by atoms with van der Waals surface area (Å²) in [5.74, 6) is -1.31. The summed E-state index contributed by atoms with van der Waals surface area (Å²) < 4.78 is 13.5. The van der Waals surface area contributed by atoms with E-state index in [-0.39, 0.29) is 24.9 Å². The van der Waals surface area contributed by atoms with Gasteiger partial charge in [0.25, 0.3) is 0 Å². The van der Waals surface area contributed by atoms with Crippen LogP contribution in [0.1, 0.15) is 64.2 Å². The lowest BCUT2D eigenvalue weighted by atomic mass is 9.84. The number of nitrogens with one attached hydrogen (secondary N) is 4. The van der Waals surface area contributed by atoms with Crippen molar-refractivity contribution in [2.24, 2.45) is 11.7 Å².